The molecule has 0 fully saturated rings. The predicted molar refractivity (Wildman–Crippen MR) is 118 cm³/mol. The van der Waals surface area contributed by atoms with Crippen LogP contribution in [0.1, 0.15) is 63.0 Å². The number of ether oxygens (including phenoxy) is 1. The fraction of sp³-hybridized carbons (Fsp3) is 0.500. The minimum atomic E-state index is -0.588. The number of benzene rings is 1. The molecule has 0 unspecified atom stereocenters. The predicted octanol–water partition coefficient (Wildman–Crippen LogP) is 5.96. The van der Waals surface area contributed by atoms with Gasteiger partial charge in [-0.1, -0.05) is 52.3 Å². The van der Waals surface area contributed by atoms with Crippen LogP contribution in [-0.4, -0.2) is 12.0 Å². The van der Waals surface area contributed by atoms with Crippen molar-refractivity contribution in [2.24, 2.45) is 11.3 Å². The van der Waals surface area contributed by atoms with Crippen LogP contribution in [0.4, 0.5) is 5.00 Å². The molecule has 3 rings (SSSR count). The van der Waals surface area contributed by atoms with Crippen LogP contribution in [0.3, 0.4) is 0 Å². The number of hydrogen-bond donors (Lipinski definition) is 1. The molecule has 0 spiro atoms. The Hall–Kier alpha value is -2.32. The molecule has 0 radical (unpaired) electrons. The molecule has 0 bridgehead atoms. The monoisotopic (exact) mass is 410 g/mol. The van der Waals surface area contributed by atoms with Gasteiger partial charge in [0.2, 0.25) is 0 Å². The van der Waals surface area contributed by atoms with Gasteiger partial charge < -0.3 is 10.1 Å². The quantitative estimate of drug-likeness (QED) is 0.613. The molecule has 0 saturated carbocycles. The highest BCUT2D eigenvalue weighted by Gasteiger charge is 2.34. The minimum Gasteiger partial charge on any atom is -0.481 e. The van der Waals surface area contributed by atoms with Gasteiger partial charge in [-0.3, -0.25) is 4.79 Å². The fourth-order valence-corrected chi connectivity index (χ4v) is 5.21. The van der Waals surface area contributed by atoms with Crippen molar-refractivity contribution in [2.75, 3.05) is 5.32 Å². The lowest BCUT2D eigenvalue weighted by atomic mass is 9.69. The Labute approximate surface area is 177 Å². The lowest BCUT2D eigenvalue weighted by molar-refractivity contribution is -0.122. The maximum atomic E-state index is 12.9. The smallest absolute Gasteiger partial charge is 0.266 e. The summed E-state index contributed by atoms with van der Waals surface area (Å²) in [5.74, 6) is 1.08. The van der Waals surface area contributed by atoms with Crippen LogP contribution in [0.2, 0.25) is 0 Å². The highest BCUT2D eigenvalue weighted by Crippen LogP contribution is 2.45. The van der Waals surface area contributed by atoms with E-state index in [2.05, 4.69) is 32.2 Å². The molecule has 1 aliphatic rings. The van der Waals surface area contributed by atoms with Crippen LogP contribution in [0, 0.1) is 22.7 Å². The minimum absolute atomic E-state index is 0.197. The number of carbonyl (C=O) groups excluding carboxylic acids is 1. The summed E-state index contributed by atoms with van der Waals surface area (Å²) in [6, 6.07) is 11.7. The van der Waals surface area contributed by atoms with E-state index < -0.39 is 6.10 Å². The van der Waals surface area contributed by atoms with Crippen LogP contribution in [-0.2, 0) is 17.6 Å². The second-order valence-electron chi connectivity index (χ2n) is 8.42. The zero-order valence-electron chi connectivity index (χ0n) is 17.7. The van der Waals surface area contributed by atoms with E-state index in [1.807, 2.05) is 37.3 Å². The summed E-state index contributed by atoms with van der Waals surface area (Å²) in [7, 11) is 0. The summed E-state index contributed by atoms with van der Waals surface area (Å²) in [6.07, 6.45) is 4.11. The van der Waals surface area contributed by atoms with Gasteiger partial charge in [0.05, 0.1) is 5.56 Å². The number of nitrogens with one attached hydrogen (secondary N) is 1. The van der Waals surface area contributed by atoms with Crippen molar-refractivity contribution in [3.63, 3.8) is 0 Å². The van der Waals surface area contributed by atoms with Gasteiger partial charge in [-0.15, -0.1) is 11.3 Å². The van der Waals surface area contributed by atoms with Crippen LogP contribution in [0.25, 0.3) is 0 Å². The SMILES string of the molecule is CC[C@H](Oc1ccccc1)C(=O)Nc1sc2c(c1C#N)CC[C@H](C(C)(C)CC)C2. The van der Waals surface area contributed by atoms with E-state index >= 15 is 0 Å². The number of anilines is 1. The number of nitrogens with zero attached hydrogens (tertiary/aromatic N) is 1. The third kappa shape index (κ3) is 4.64. The first-order chi connectivity index (χ1) is 13.9. The molecule has 4 nitrogen and oxygen atoms in total. The van der Waals surface area contributed by atoms with E-state index in [1.54, 1.807) is 11.3 Å². The molecular weight excluding hydrogens is 380 g/mol. The van der Waals surface area contributed by atoms with Crippen LogP contribution >= 0.6 is 11.3 Å². The van der Waals surface area contributed by atoms with Gasteiger partial charge >= 0.3 is 0 Å². The third-order valence-electron chi connectivity index (χ3n) is 6.31. The average Bonchev–Trinajstić information content (AvgIpc) is 3.08. The average molecular weight is 411 g/mol. The molecule has 1 aliphatic carbocycles. The first-order valence-corrected chi connectivity index (χ1v) is 11.3. The van der Waals surface area contributed by atoms with Crippen LogP contribution < -0.4 is 10.1 Å². The van der Waals surface area contributed by atoms with Crippen molar-refractivity contribution < 1.29 is 9.53 Å². The molecule has 154 valence electrons. The van der Waals surface area contributed by atoms with E-state index in [9.17, 15) is 10.1 Å². The Morgan fingerprint density at radius 1 is 1.34 bits per heavy atom. The number of nitriles is 1. The van der Waals surface area contributed by atoms with Crippen molar-refractivity contribution in [1.29, 1.82) is 5.26 Å². The Balaban J connectivity index is 1.78. The van der Waals surface area contributed by atoms with Crippen molar-refractivity contribution >= 4 is 22.2 Å². The topological polar surface area (TPSA) is 62.1 Å². The Kier molecular flexibility index (Phi) is 6.64. The Morgan fingerprint density at radius 2 is 2.07 bits per heavy atom. The molecule has 1 heterocycles. The summed E-state index contributed by atoms with van der Waals surface area (Å²) < 4.78 is 5.86. The molecular formula is C24H30N2O2S. The van der Waals surface area contributed by atoms with Gasteiger partial charge in [0.25, 0.3) is 5.91 Å². The zero-order chi connectivity index (χ0) is 21.0. The molecule has 1 aromatic heterocycles. The lowest BCUT2D eigenvalue weighted by Crippen LogP contribution is -2.32. The van der Waals surface area contributed by atoms with Gasteiger partial charge in [0.1, 0.15) is 16.8 Å². The molecule has 0 saturated heterocycles. The Morgan fingerprint density at radius 3 is 2.69 bits per heavy atom. The molecule has 2 atom stereocenters. The molecule has 0 aliphatic heterocycles. The summed E-state index contributed by atoms with van der Waals surface area (Å²) in [5, 5.41) is 13.4. The summed E-state index contributed by atoms with van der Waals surface area (Å²) in [6.45, 7) is 8.83. The van der Waals surface area contributed by atoms with Gasteiger partial charge in [-0.25, -0.2) is 0 Å². The van der Waals surface area contributed by atoms with Crippen molar-refractivity contribution in [2.45, 2.75) is 65.9 Å². The molecule has 2 aromatic rings. The number of para-hydroxylation sites is 1. The first kappa shape index (κ1) is 21.4. The second-order valence-corrected chi connectivity index (χ2v) is 9.52. The van der Waals surface area contributed by atoms with E-state index in [0.29, 0.717) is 28.7 Å². The highest BCUT2D eigenvalue weighted by molar-refractivity contribution is 7.16. The first-order valence-electron chi connectivity index (χ1n) is 10.5. The van der Waals surface area contributed by atoms with E-state index in [1.165, 1.54) is 4.88 Å². The maximum Gasteiger partial charge on any atom is 0.266 e. The number of hydrogen-bond acceptors (Lipinski definition) is 4. The number of amides is 1. The van der Waals surface area contributed by atoms with Crippen molar-refractivity contribution in [3.8, 4) is 11.8 Å². The van der Waals surface area contributed by atoms with Crippen LogP contribution in [0.15, 0.2) is 30.3 Å². The Bertz CT molecular complexity index is 896. The second kappa shape index (κ2) is 9.00. The number of rotatable bonds is 7. The molecule has 29 heavy (non-hydrogen) atoms. The zero-order valence-corrected chi connectivity index (χ0v) is 18.6. The fourth-order valence-electron chi connectivity index (χ4n) is 3.93. The lowest BCUT2D eigenvalue weighted by Gasteiger charge is -2.36. The normalized spacial score (nSPS) is 17.1. The largest absolute Gasteiger partial charge is 0.481 e. The molecule has 1 amide bonds. The maximum absolute atomic E-state index is 12.9. The van der Waals surface area contributed by atoms with Gasteiger partial charge in [0.15, 0.2) is 6.10 Å². The highest BCUT2D eigenvalue weighted by atomic mass is 32.1. The van der Waals surface area contributed by atoms with Gasteiger partial charge in [-0.05, 0) is 54.7 Å². The number of thiophene rings is 1. The third-order valence-corrected chi connectivity index (χ3v) is 7.48. The van der Waals surface area contributed by atoms with Crippen molar-refractivity contribution in [1.82, 2.24) is 0 Å². The van der Waals surface area contributed by atoms with E-state index in [0.717, 1.165) is 31.2 Å². The molecule has 5 heteroatoms. The van der Waals surface area contributed by atoms with Gasteiger partial charge in [0, 0.05) is 4.88 Å². The number of fused-ring (bicyclic) bond motifs is 1. The van der Waals surface area contributed by atoms with Gasteiger partial charge in [-0.2, -0.15) is 5.26 Å². The van der Waals surface area contributed by atoms with Crippen LogP contribution in [0.5, 0.6) is 5.75 Å². The summed E-state index contributed by atoms with van der Waals surface area (Å²) >= 11 is 1.57. The summed E-state index contributed by atoms with van der Waals surface area (Å²) in [5.41, 5.74) is 2.06. The van der Waals surface area contributed by atoms with E-state index in [4.69, 9.17) is 4.74 Å². The standard InChI is InChI=1S/C24H30N2O2S/c1-5-20(28-17-10-8-7-9-11-17)22(27)26-23-19(15-25)18-13-12-16(14-21(18)29-23)24(3,4)6-2/h7-11,16,20H,5-6,12-14H2,1-4H3,(H,26,27)/t16-,20-/m0/s1. The number of carbonyl (C=O) groups is 1. The summed E-state index contributed by atoms with van der Waals surface area (Å²) in [4.78, 5) is 14.1. The molecule has 1 aromatic carbocycles. The van der Waals surface area contributed by atoms with Crippen molar-refractivity contribution in [3.05, 3.63) is 46.3 Å². The molecule has 1 N–H and O–H groups in total. The van der Waals surface area contributed by atoms with E-state index in [-0.39, 0.29) is 11.3 Å².